The van der Waals surface area contributed by atoms with Crippen LogP contribution in [-0.2, 0) is 14.8 Å². The predicted octanol–water partition coefficient (Wildman–Crippen LogP) is 0.243. The highest BCUT2D eigenvalue weighted by Crippen LogP contribution is 2.21. The summed E-state index contributed by atoms with van der Waals surface area (Å²) in [6.07, 6.45) is 2.03. The topological polar surface area (TPSA) is 62.1 Å². The van der Waals surface area contributed by atoms with Crippen molar-refractivity contribution in [1.82, 2.24) is 4.90 Å². The third kappa shape index (κ3) is 5.36. The number of sulfonamides is 1. The van der Waals surface area contributed by atoms with E-state index in [-0.39, 0.29) is 12.5 Å². The molecule has 1 amide bonds. The van der Waals surface area contributed by atoms with Gasteiger partial charge in [0.1, 0.15) is 0 Å². The summed E-state index contributed by atoms with van der Waals surface area (Å²) >= 11 is 5.85. The molecule has 0 spiro atoms. The lowest BCUT2D eigenvalue weighted by molar-refractivity contribution is -0.883. The number of nitrogens with zero attached hydrogens (tertiary/aromatic N) is 2. The first kappa shape index (κ1) is 19.0. The summed E-state index contributed by atoms with van der Waals surface area (Å²) in [6.45, 7) is 3.76. The lowest BCUT2D eigenvalue weighted by Gasteiger charge is -2.30. The van der Waals surface area contributed by atoms with Crippen molar-refractivity contribution in [2.24, 2.45) is 0 Å². The highest BCUT2D eigenvalue weighted by atomic mass is 35.5. The summed E-state index contributed by atoms with van der Waals surface area (Å²) in [4.78, 5) is 15.6. The van der Waals surface area contributed by atoms with E-state index in [1.807, 2.05) is 4.90 Å². The maximum atomic E-state index is 12.2. The number of anilines is 1. The summed E-state index contributed by atoms with van der Waals surface area (Å²) in [5.74, 6) is 0.104. The van der Waals surface area contributed by atoms with Crippen molar-refractivity contribution in [3.63, 3.8) is 0 Å². The van der Waals surface area contributed by atoms with Crippen LogP contribution in [0.2, 0.25) is 5.02 Å². The van der Waals surface area contributed by atoms with Crippen LogP contribution in [0, 0.1) is 0 Å². The van der Waals surface area contributed by atoms with Crippen molar-refractivity contribution < 1.29 is 18.1 Å². The van der Waals surface area contributed by atoms with Gasteiger partial charge in [0.15, 0.2) is 0 Å². The van der Waals surface area contributed by atoms with Crippen molar-refractivity contribution in [2.75, 3.05) is 50.3 Å². The van der Waals surface area contributed by atoms with Gasteiger partial charge >= 0.3 is 0 Å². The molecule has 1 aliphatic heterocycles. The van der Waals surface area contributed by atoms with Crippen LogP contribution in [0.15, 0.2) is 24.3 Å². The lowest BCUT2D eigenvalue weighted by Crippen LogP contribution is -3.12. The second kappa shape index (κ2) is 8.18. The summed E-state index contributed by atoms with van der Waals surface area (Å²) < 4.78 is 25.4. The van der Waals surface area contributed by atoms with Crippen molar-refractivity contribution in [3.8, 4) is 0 Å². The fourth-order valence-corrected chi connectivity index (χ4v) is 3.86. The largest absolute Gasteiger partial charge is 0.334 e. The van der Waals surface area contributed by atoms with Gasteiger partial charge in [0.25, 0.3) is 0 Å². The van der Waals surface area contributed by atoms with Crippen molar-refractivity contribution in [2.45, 2.75) is 12.8 Å². The Balaban J connectivity index is 1.91. The average Bonchev–Trinajstić information content (AvgIpc) is 2.52. The number of carbonyl (C=O) groups excluding carboxylic acids is 1. The molecule has 0 atom stereocenters. The van der Waals surface area contributed by atoms with E-state index < -0.39 is 10.0 Å². The Morgan fingerprint density at radius 1 is 1.25 bits per heavy atom. The zero-order valence-corrected chi connectivity index (χ0v) is 15.7. The number of piperazine rings is 1. The molecule has 1 N–H and O–H groups in total. The molecule has 1 aromatic carbocycles. The molecule has 0 saturated carbocycles. The van der Waals surface area contributed by atoms with Crippen LogP contribution in [0.25, 0.3) is 0 Å². The number of amides is 1. The van der Waals surface area contributed by atoms with E-state index in [1.165, 1.54) is 15.5 Å². The van der Waals surface area contributed by atoms with Gasteiger partial charge in [-0.1, -0.05) is 11.6 Å². The number of carbonyl (C=O) groups is 1. The van der Waals surface area contributed by atoms with Gasteiger partial charge in [-0.15, -0.1) is 0 Å². The average molecular weight is 375 g/mol. The highest BCUT2D eigenvalue weighted by molar-refractivity contribution is 7.92. The second-order valence-corrected chi connectivity index (χ2v) is 8.60. The fourth-order valence-electron chi connectivity index (χ4n) is 2.76. The predicted molar refractivity (Wildman–Crippen MR) is 96.1 cm³/mol. The van der Waals surface area contributed by atoms with Crippen LogP contribution in [-0.4, -0.2) is 65.3 Å². The fraction of sp³-hybridized carbons (Fsp3) is 0.562. The Bertz CT molecular complexity index is 656. The van der Waals surface area contributed by atoms with E-state index in [1.54, 1.807) is 24.3 Å². The SMILES string of the molecule is C[NH+]1CCN(C(=O)CCCN(c2ccc(Cl)cc2)S(C)(=O)=O)CC1. The van der Waals surface area contributed by atoms with E-state index in [2.05, 4.69) is 7.05 Å². The maximum Gasteiger partial charge on any atom is 0.232 e. The van der Waals surface area contributed by atoms with Crippen LogP contribution < -0.4 is 9.21 Å². The highest BCUT2D eigenvalue weighted by Gasteiger charge is 2.22. The molecule has 0 bridgehead atoms. The van der Waals surface area contributed by atoms with E-state index in [0.717, 1.165) is 26.2 Å². The van der Waals surface area contributed by atoms with Gasteiger partial charge < -0.3 is 9.80 Å². The molecule has 1 heterocycles. The summed E-state index contributed by atoms with van der Waals surface area (Å²) in [5, 5.41) is 0.555. The van der Waals surface area contributed by atoms with Gasteiger partial charge in [0.05, 0.1) is 45.2 Å². The van der Waals surface area contributed by atoms with Crippen LogP contribution in [0.3, 0.4) is 0 Å². The Morgan fingerprint density at radius 2 is 1.83 bits per heavy atom. The molecule has 8 heteroatoms. The molecule has 0 aliphatic carbocycles. The van der Waals surface area contributed by atoms with Crippen molar-refractivity contribution in [1.29, 1.82) is 0 Å². The van der Waals surface area contributed by atoms with Crippen LogP contribution >= 0.6 is 11.6 Å². The molecular weight excluding hydrogens is 350 g/mol. The first-order chi connectivity index (χ1) is 11.3. The van der Waals surface area contributed by atoms with Crippen molar-refractivity contribution >= 4 is 33.2 Å². The third-order valence-corrected chi connectivity index (χ3v) is 5.68. The minimum Gasteiger partial charge on any atom is -0.334 e. The van der Waals surface area contributed by atoms with E-state index in [0.29, 0.717) is 23.6 Å². The molecule has 1 fully saturated rings. The van der Waals surface area contributed by atoms with Gasteiger partial charge in [0.2, 0.25) is 15.9 Å². The number of nitrogens with one attached hydrogen (secondary N) is 1. The molecule has 0 radical (unpaired) electrons. The number of likely N-dealkylation sites (N-methyl/N-ethyl adjacent to an activating group) is 1. The molecule has 0 aromatic heterocycles. The number of halogens is 1. The molecule has 6 nitrogen and oxygen atoms in total. The quantitative estimate of drug-likeness (QED) is 0.776. The number of rotatable bonds is 6. The molecule has 24 heavy (non-hydrogen) atoms. The Kier molecular flexibility index (Phi) is 6.48. The third-order valence-electron chi connectivity index (χ3n) is 4.24. The van der Waals surface area contributed by atoms with Gasteiger partial charge in [0, 0.05) is 18.0 Å². The minimum absolute atomic E-state index is 0.104. The van der Waals surface area contributed by atoms with Crippen LogP contribution in [0.5, 0.6) is 0 Å². The number of benzene rings is 1. The lowest BCUT2D eigenvalue weighted by atomic mass is 10.2. The second-order valence-electron chi connectivity index (χ2n) is 6.25. The summed E-state index contributed by atoms with van der Waals surface area (Å²) in [6, 6.07) is 6.67. The van der Waals surface area contributed by atoms with Gasteiger partial charge in [-0.2, -0.15) is 0 Å². The van der Waals surface area contributed by atoms with Crippen LogP contribution in [0.4, 0.5) is 5.69 Å². The van der Waals surface area contributed by atoms with Crippen molar-refractivity contribution in [3.05, 3.63) is 29.3 Å². The maximum absolute atomic E-state index is 12.2. The zero-order chi connectivity index (χ0) is 17.7. The minimum atomic E-state index is -3.40. The Labute approximate surface area is 149 Å². The van der Waals surface area contributed by atoms with E-state index in [4.69, 9.17) is 11.6 Å². The van der Waals surface area contributed by atoms with Crippen LogP contribution in [0.1, 0.15) is 12.8 Å². The van der Waals surface area contributed by atoms with Gasteiger partial charge in [-0.25, -0.2) is 8.42 Å². The Hall–Kier alpha value is -1.31. The molecule has 134 valence electrons. The van der Waals surface area contributed by atoms with E-state index >= 15 is 0 Å². The molecule has 2 rings (SSSR count). The first-order valence-corrected chi connectivity index (χ1v) is 10.3. The zero-order valence-electron chi connectivity index (χ0n) is 14.2. The summed E-state index contributed by atoms with van der Waals surface area (Å²) in [7, 11) is -1.28. The molecule has 0 unspecified atom stereocenters. The molecule has 1 saturated heterocycles. The number of hydrogen-bond donors (Lipinski definition) is 1. The number of hydrogen-bond acceptors (Lipinski definition) is 3. The van der Waals surface area contributed by atoms with E-state index in [9.17, 15) is 13.2 Å². The summed E-state index contributed by atoms with van der Waals surface area (Å²) in [5.41, 5.74) is 0.567. The molecular formula is C16H25ClN3O3S+. The molecule has 1 aliphatic rings. The first-order valence-electron chi connectivity index (χ1n) is 8.10. The number of quaternary nitrogens is 1. The van der Waals surface area contributed by atoms with Gasteiger partial charge in [-0.05, 0) is 30.7 Å². The Morgan fingerprint density at radius 3 is 2.38 bits per heavy atom. The normalized spacial score (nSPS) is 16.2. The smallest absolute Gasteiger partial charge is 0.232 e. The monoisotopic (exact) mass is 374 g/mol. The molecule has 1 aromatic rings. The standard InChI is InChI=1S/C16H24ClN3O3S/c1-18-10-12-19(13-11-18)16(21)4-3-9-20(24(2,22)23)15-7-5-14(17)6-8-15/h5-8H,3-4,9-13H2,1-2H3/p+1. The van der Waals surface area contributed by atoms with Gasteiger partial charge in [-0.3, -0.25) is 9.10 Å².